The minimum Gasteiger partial charge on any atom is -0.464 e. The van der Waals surface area contributed by atoms with Crippen LogP contribution in [0.4, 0.5) is 0 Å². The van der Waals surface area contributed by atoms with Crippen molar-refractivity contribution in [1.82, 2.24) is 10.0 Å². The van der Waals surface area contributed by atoms with Crippen LogP contribution in [-0.2, 0) is 19.6 Å². The van der Waals surface area contributed by atoms with Gasteiger partial charge < -0.3 is 10.1 Å². The molecule has 3 aromatic carbocycles. The van der Waals surface area contributed by atoms with E-state index in [1.54, 1.807) is 79.7 Å². The maximum Gasteiger partial charge on any atom is 0.330 e. The van der Waals surface area contributed by atoms with Crippen LogP contribution < -0.4 is 10.0 Å². The van der Waals surface area contributed by atoms with E-state index in [-0.39, 0.29) is 11.5 Å². The second-order valence-corrected chi connectivity index (χ2v) is 9.11. The Balaban J connectivity index is 2.01. The number of nitrogens with one attached hydrogen (secondary N) is 2. The van der Waals surface area contributed by atoms with Crippen LogP contribution in [0.3, 0.4) is 0 Å². The summed E-state index contributed by atoms with van der Waals surface area (Å²) < 4.78 is 34.2. The van der Waals surface area contributed by atoms with E-state index >= 15 is 0 Å². The smallest absolute Gasteiger partial charge is 0.330 e. The first-order chi connectivity index (χ1) is 15.8. The molecule has 1 amide bonds. The number of hydrogen-bond acceptors (Lipinski definition) is 5. The third kappa shape index (κ3) is 6.27. The van der Waals surface area contributed by atoms with E-state index in [0.717, 1.165) is 5.56 Å². The maximum absolute atomic E-state index is 13.2. The molecule has 3 aromatic rings. The molecule has 0 aliphatic rings. The van der Waals surface area contributed by atoms with E-state index in [2.05, 4.69) is 10.0 Å². The third-order valence-corrected chi connectivity index (χ3v) is 6.43. The van der Waals surface area contributed by atoms with Crippen molar-refractivity contribution in [3.05, 3.63) is 102 Å². The zero-order valence-electron chi connectivity index (χ0n) is 18.4. The Kier molecular flexibility index (Phi) is 7.97. The molecule has 33 heavy (non-hydrogen) atoms. The zero-order chi connectivity index (χ0) is 23.8. The molecular weight excluding hydrogens is 440 g/mol. The minimum atomic E-state index is -4.03. The number of esters is 1. The predicted molar refractivity (Wildman–Crippen MR) is 125 cm³/mol. The van der Waals surface area contributed by atoms with Crippen LogP contribution in [0.1, 0.15) is 34.5 Å². The summed E-state index contributed by atoms with van der Waals surface area (Å²) in [6, 6.07) is 20.9. The van der Waals surface area contributed by atoms with Crippen molar-refractivity contribution in [1.29, 1.82) is 0 Å². The molecule has 0 bridgehead atoms. The molecule has 172 valence electrons. The quantitative estimate of drug-likeness (QED) is 0.471. The lowest BCUT2D eigenvalue weighted by Crippen LogP contribution is -2.51. The second kappa shape index (κ2) is 10.9. The normalized spacial score (nSPS) is 13.0. The van der Waals surface area contributed by atoms with Gasteiger partial charge in [0.05, 0.1) is 17.5 Å². The van der Waals surface area contributed by atoms with E-state index in [4.69, 9.17) is 4.74 Å². The summed E-state index contributed by atoms with van der Waals surface area (Å²) in [4.78, 5) is 25.8. The highest BCUT2D eigenvalue weighted by Gasteiger charge is 2.36. The van der Waals surface area contributed by atoms with Crippen molar-refractivity contribution in [3.63, 3.8) is 0 Å². The summed E-state index contributed by atoms with van der Waals surface area (Å²) in [6.07, 6.45) is 0. The number of sulfonamides is 1. The largest absolute Gasteiger partial charge is 0.464 e. The molecule has 0 aliphatic heterocycles. The molecule has 0 heterocycles. The standard InChI is InChI=1S/C25H26N2O5S/c1-3-32-25(29)23(26-24(28)20-12-8-5-9-13-20)22(19-10-6-4-7-11-19)27-33(30,31)21-16-14-18(2)15-17-21/h4-17,22-23,27H,3H2,1-2H3,(H,26,28)/t22-,23-/m0/s1. The molecular formula is C25H26N2O5S. The van der Waals surface area contributed by atoms with Crippen molar-refractivity contribution in [3.8, 4) is 0 Å². The highest BCUT2D eigenvalue weighted by molar-refractivity contribution is 7.89. The van der Waals surface area contributed by atoms with Gasteiger partial charge in [0.25, 0.3) is 5.91 Å². The average molecular weight is 467 g/mol. The molecule has 3 rings (SSSR count). The molecule has 2 N–H and O–H groups in total. The van der Waals surface area contributed by atoms with Gasteiger partial charge in [-0.2, -0.15) is 0 Å². The number of benzene rings is 3. The van der Waals surface area contributed by atoms with Crippen LogP contribution in [0.15, 0.2) is 89.8 Å². The van der Waals surface area contributed by atoms with Gasteiger partial charge in [-0.15, -0.1) is 0 Å². The Morgan fingerprint density at radius 1 is 0.879 bits per heavy atom. The van der Waals surface area contributed by atoms with E-state index in [1.165, 1.54) is 12.1 Å². The monoisotopic (exact) mass is 466 g/mol. The molecule has 0 unspecified atom stereocenters. The van der Waals surface area contributed by atoms with Crippen LogP contribution in [0.5, 0.6) is 0 Å². The van der Waals surface area contributed by atoms with E-state index in [0.29, 0.717) is 11.1 Å². The van der Waals surface area contributed by atoms with Gasteiger partial charge in [-0.25, -0.2) is 17.9 Å². The minimum absolute atomic E-state index is 0.0472. The average Bonchev–Trinajstić information content (AvgIpc) is 2.82. The van der Waals surface area contributed by atoms with Gasteiger partial charge in [-0.05, 0) is 43.7 Å². The zero-order valence-corrected chi connectivity index (χ0v) is 19.2. The molecule has 0 radical (unpaired) electrons. The number of hydrogen-bond donors (Lipinski definition) is 2. The SMILES string of the molecule is CCOC(=O)[C@@H](NC(=O)c1ccccc1)[C@@H](NS(=O)(=O)c1ccc(C)cc1)c1ccccc1. The van der Waals surface area contributed by atoms with Gasteiger partial charge in [-0.1, -0.05) is 66.2 Å². The van der Waals surface area contributed by atoms with Gasteiger partial charge in [0.2, 0.25) is 10.0 Å². The number of rotatable bonds is 9. The summed E-state index contributed by atoms with van der Waals surface area (Å²) in [5.41, 5.74) is 1.74. The molecule has 0 spiro atoms. The lowest BCUT2D eigenvalue weighted by Gasteiger charge is -2.27. The molecule has 0 saturated heterocycles. The fourth-order valence-corrected chi connectivity index (χ4v) is 4.50. The molecule has 8 heteroatoms. The van der Waals surface area contributed by atoms with Crippen molar-refractivity contribution in [2.24, 2.45) is 0 Å². The number of amides is 1. The first-order valence-corrected chi connectivity index (χ1v) is 12.0. The summed E-state index contributed by atoms with van der Waals surface area (Å²) in [5.74, 6) is -1.27. The number of carbonyl (C=O) groups excluding carboxylic acids is 2. The molecule has 2 atom stereocenters. The van der Waals surface area contributed by atoms with Crippen molar-refractivity contribution >= 4 is 21.9 Å². The van der Waals surface area contributed by atoms with Crippen molar-refractivity contribution < 1.29 is 22.7 Å². The van der Waals surface area contributed by atoms with E-state index in [9.17, 15) is 18.0 Å². The Hall–Kier alpha value is -3.49. The van der Waals surface area contributed by atoms with Gasteiger partial charge in [0.15, 0.2) is 0 Å². The van der Waals surface area contributed by atoms with Crippen LogP contribution in [0.25, 0.3) is 0 Å². The van der Waals surface area contributed by atoms with Crippen molar-refractivity contribution in [2.45, 2.75) is 30.8 Å². The van der Waals surface area contributed by atoms with Crippen LogP contribution >= 0.6 is 0 Å². The lowest BCUT2D eigenvalue weighted by molar-refractivity contribution is -0.146. The van der Waals surface area contributed by atoms with Crippen LogP contribution in [0.2, 0.25) is 0 Å². The highest BCUT2D eigenvalue weighted by atomic mass is 32.2. The summed E-state index contributed by atoms with van der Waals surface area (Å²) in [6.45, 7) is 3.57. The molecule has 0 aliphatic carbocycles. The lowest BCUT2D eigenvalue weighted by atomic mass is 9.99. The van der Waals surface area contributed by atoms with Crippen LogP contribution in [0, 0.1) is 6.92 Å². The number of aryl methyl sites for hydroxylation is 1. The van der Waals surface area contributed by atoms with Crippen molar-refractivity contribution in [2.75, 3.05) is 6.61 Å². The third-order valence-electron chi connectivity index (χ3n) is 4.97. The summed E-state index contributed by atoms with van der Waals surface area (Å²) in [5, 5.41) is 2.66. The van der Waals surface area contributed by atoms with Gasteiger partial charge in [0.1, 0.15) is 6.04 Å². The Labute approximate surface area is 193 Å². The fraction of sp³-hybridized carbons (Fsp3) is 0.200. The summed E-state index contributed by atoms with van der Waals surface area (Å²) >= 11 is 0. The first-order valence-electron chi connectivity index (χ1n) is 10.5. The molecule has 0 fully saturated rings. The van der Waals surface area contributed by atoms with Gasteiger partial charge >= 0.3 is 5.97 Å². The molecule has 7 nitrogen and oxygen atoms in total. The van der Waals surface area contributed by atoms with E-state index in [1.807, 2.05) is 6.92 Å². The topological polar surface area (TPSA) is 102 Å². The molecule has 0 aromatic heterocycles. The fourth-order valence-electron chi connectivity index (χ4n) is 3.27. The maximum atomic E-state index is 13.2. The predicted octanol–water partition coefficient (Wildman–Crippen LogP) is 3.38. The van der Waals surface area contributed by atoms with Crippen LogP contribution in [-0.4, -0.2) is 32.9 Å². The number of ether oxygens (including phenoxy) is 1. The summed E-state index contributed by atoms with van der Waals surface area (Å²) in [7, 11) is -4.03. The Bertz CT molecular complexity index is 1180. The highest BCUT2D eigenvalue weighted by Crippen LogP contribution is 2.22. The second-order valence-electron chi connectivity index (χ2n) is 7.39. The Morgan fingerprint density at radius 3 is 2.03 bits per heavy atom. The van der Waals surface area contributed by atoms with Gasteiger partial charge in [-0.3, -0.25) is 4.79 Å². The number of carbonyl (C=O) groups is 2. The molecule has 0 saturated carbocycles. The van der Waals surface area contributed by atoms with Gasteiger partial charge in [0, 0.05) is 5.56 Å². The first kappa shape index (κ1) is 24.2. The van der Waals surface area contributed by atoms with E-state index < -0.39 is 34.0 Å². The Morgan fingerprint density at radius 2 is 1.45 bits per heavy atom.